The zero-order valence-electron chi connectivity index (χ0n) is 16.9. The summed E-state index contributed by atoms with van der Waals surface area (Å²) >= 11 is 12.1. The van der Waals surface area contributed by atoms with Crippen LogP contribution in [0.3, 0.4) is 0 Å². The summed E-state index contributed by atoms with van der Waals surface area (Å²) in [6, 6.07) is 18.7. The van der Waals surface area contributed by atoms with Crippen LogP contribution in [0.4, 0.5) is 11.4 Å². The van der Waals surface area contributed by atoms with Crippen molar-refractivity contribution in [3.63, 3.8) is 0 Å². The number of nitrogens with one attached hydrogen (secondary N) is 2. The topological polar surface area (TPSA) is 95.6 Å². The van der Waals surface area contributed by atoms with E-state index in [-0.39, 0.29) is 32.7 Å². The van der Waals surface area contributed by atoms with E-state index in [0.29, 0.717) is 5.69 Å². The Labute approximate surface area is 196 Å². The Morgan fingerprint density at radius 2 is 1.47 bits per heavy atom. The predicted octanol–water partition coefficient (Wildman–Crippen LogP) is 4.50. The highest BCUT2D eigenvalue weighted by Gasteiger charge is 2.19. The Morgan fingerprint density at radius 1 is 0.875 bits per heavy atom. The van der Waals surface area contributed by atoms with E-state index in [0.717, 1.165) is 0 Å². The fraction of sp³-hybridized carbons (Fsp3) is 0.0909. The van der Waals surface area contributed by atoms with Crippen LogP contribution in [0, 0.1) is 0 Å². The largest absolute Gasteiger partial charge is 0.332 e. The van der Waals surface area contributed by atoms with E-state index in [2.05, 4.69) is 10.0 Å². The standard InChI is InChI=1S/C22H19Cl2N3O4S/c1-27(14-20(28)25-21-18(23)8-5-9-19(21)24)22(29)15-10-12-17(13-11-15)32(30,31)26-16-6-3-2-4-7-16/h2-13,26H,14H2,1H3,(H,25,28). The maximum absolute atomic E-state index is 12.6. The zero-order chi connectivity index (χ0) is 23.3. The summed E-state index contributed by atoms with van der Waals surface area (Å²) in [5.41, 5.74) is 0.925. The van der Waals surface area contributed by atoms with E-state index in [1.54, 1.807) is 48.5 Å². The first-order valence-electron chi connectivity index (χ1n) is 9.34. The van der Waals surface area contributed by atoms with E-state index in [9.17, 15) is 18.0 Å². The maximum atomic E-state index is 12.6. The lowest BCUT2D eigenvalue weighted by atomic mass is 10.2. The third kappa shape index (κ3) is 5.79. The van der Waals surface area contributed by atoms with Crippen LogP contribution in [0.2, 0.25) is 10.0 Å². The molecule has 0 aliphatic carbocycles. The first-order chi connectivity index (χ1) is 15.2. The van der Waals surface area contributed by atoms with E-state index in [1.165, 1.54) is 36.2 Å². The second-order valence-corrected chi connectivity index (χ2v) is 9.30. The van der Waals surface area contributed by atoms with Gasteiger partial charge in [-0.25, -0.2) is 8.42 Å². The van der Waals surface area contributed by atoms with Gasteiger partial charge in [0.25, 0.3) is 15.9 Å². The third-order valence-electron chi connectivity index (χ3n) is 4.39. The first-order valence-corrected chi connectivity index (χ1v) is 11.6. The summed E-state index contributed by atoms with van der Waals surface area (Å²) in [7, 11) is -2.35. The van der Waals surface area contributed by atoms with Crippen molar-refractivity contribution in [3.8, 4) is 0 Å². The summed E-state index contributed by atoms with van der Waals surface area (Å²) in [6.07, 6.45) is 0. The summed E-state index contributed by atoms with van der Waals surface area (Å²) in [6.45, 7) is -0.254. The molecule has 0 aromatic heterocycles. The van der Waals surface area contributed by atoms with E-state index in [1.807, 2.05) is 0 Å². The van der Waals surface area contributed by atoms with Gasteiger partial charge in [-0.05, 0) is 48.5 Å². The molecule has 3 aromatic carbocycles. The molecule has 0 radical (unpaired) electrons. The highest BCUT2D eigenvalue weighted by atomic mass is 35.5. The van der Waals surface area contributed by atoms with Gasteiger partial charge in [-0.2, -0.15) is 0 Å². The molecule has 3 rings (SSSR count). The van der Waals surface area contributed by atoms with Crippen molar-refractivity contribution in [3.05, 3.63) is 88.4 Å². The molecule has 0 fully saturated rings. The van der Waals surface area contributed by atoms with Crippen molar-refractivity contribution < 1.29 is 18.0 Å². The average Bonchev–Trinajstić information content (AvgIpc) is 2.76. The monoisotopic (exact) mass is 491 g/mol. The zero-order valence-corrected chi connectivity index (χ0v) is 19.2. The van der Waals surface area contributed by atoms with Gasteiger partial charge in [0.05, 0.1) is 27.2 Å². The smallest absolute Gasteiger partial charge is 0.261 e. The molecule has 0 atom stereocenters. The lowest BCUT2D eigenvalue weighted by Gasteiger charge is -2.18. The molecule has 166 valence electrons. The van der Waals surface area contributed by atoms with Crippen molar-refractivity contribution in [1.29, 1.82) is 0 Å². The van der Waals surface area contributed by atoms with Gasteiger partial charge in [0, 0.05) is 18.3 Å². The number of hydrogen-bond acceptors (Lipinski definition) is 4. The Morgan fingerprint density at radius 3 is 2.06 bits per heavy atom. The molecule has 2 N–H and O–H groups in total. The van der Waals surface area contributed by atoms with Crippen LogP contribution < -0.4 is 10.0 Å². The molecule has 0 saturated carbocycles. The van der Waals surface area contributed by atoms with Crippen LogP contribution in [0.1, 0.15) is 10.4 Å². The van der Waals surface area contributed by atoms with Crippen molar-refractivity contribution in [2.24, 2.45) is 0 Å². The van der Waals surface area contributed by atoms with E-state index in [4.69, 9.17) is 23.2 Å². The Kier molecular flexibility index (Phi) is 7.40. The number of rotatable bonds is 7. The molecular formula is C22H19Cl2N3O4S. The highest BCUT2D eigenvalue weighted by Crippen LogP contribution is 2.29. The van der Waals surface area contributed by atoms with Gasteiger partial charge in [-0.3, -0.25) is 14.3 Å². The van der Waals surface area contributed by atoms with Crippen molar-refractivity contribution in [1.82, 2.24) is 4.90 Å². The van der Waals surface area contributed by atoms with Gasteiger partial charge in [-0.15, -0.1) is 0 Å². The molecule has 0 heterocycles. The molecule has 3 aromatic rings. The number of nitrogens with zero attached hydrogens (tertiary/aromatic N) is 1. The number of para-hydroxylation sites is 2. The number of hydrogen-bond donors (Lipinski definition) is 2. The van der Waals surface area contributed by atoms with Crippen LogP contribution in [-0.2, 0) is 14.8 Å². The van der Waals surface area contributed by atoms with E-state index < -0.39 is 21.8 Å². The van der Waals surface area contributed by atoms with E-state index >= 15 is 0 Å². The number of amides is 2. The second-order valence-electron chi connectivity index (χ2n) is 6.80. The fourth-order valence-corrected chi connectivity index (χ4v) is 4.35. The average molecular weight is 492 g/mol. The van der Waals surface area contributed by atoms with Crippen LogP contribution in [-0.4, -0.2) is 38.7 Å². The summed E-state index contributed by atoms with van der Waals surface area (Å²) < 4.78 is 27.5. The third-order valence-corrected chi connectivity index (χ3v) is 6.42. The Balaban J connectivity index is 1.65. The molecule has 0 aliphatic rings. The number of carbonyl (C=O) groups excluding carboxylic acids is 2. The molecule has 7 nitrogen and oxygen atoms in total. The van der Waals surface area contributed by atoms with Crippen molar-refractivity contribution >= 4 is 56.4 Å². The minimum atomic E-state index is -3.80. The minimum Gasteiger partial charge on any atom is -0.332 e. The maximum Gasteiger partial charge on any atom is 0.261 e. The predicted molar refractivity (Wildman–Crippen MR) is 126 cm³/mol. The molecule has 32 heavy (non-hydrogen) atoms. The number of sulfonamides is 1. The SMILES string of the molecule is CN(CC(=O)Nc1c(Cl)cccc1Cl)C(=O)c1ccc(S(=O)(=O)Nc2ccccc2)cc1. The molecule has 2 amide bonds. The highest BCUT2D eigenvalue weighted by molar-refractivity contribution is 7.92. The van der Waals surface area contributed by atoms with Crippen LogP contribution >= 0.6 is 23.2 Å². The number of halogens is 2. The molecule has 10 heteroatoms. The molecule has 0 bridgehead atoms. The van der Waals surface area contributed by atoms with Crippen LogP contribution in [0.5, 0.6) is 0 Å². The van der Waals surface area contributed by atoms with Gasteiger partial charge >= 0.3 is 0 Å². The van der Waals surface area contributed by atoms with Gasteiger partial charge in [0.1, 0.15) is 0 Å². The molecule has 0 saturated heterocycles. The molecule has 0 aliphatic heterocycles. The summed E-state index contributed by atoms with van der Waals surface area (Å²) in [4.78, 5) is 26.2. The minimum absolute atomic E-state index is 0.00617. The number of carbonyl (C=O) groups is 2. The first kappa shape index (κ1) is 23.6. The number of benzene rings is 3. The fourth-order valence-electron chi connectivity index (χ4n) is 2.80. The quantitative estimate of drug-likeness (QED) is 0.508. The second kappa shape index (κ2) is 10.0. The van der Waals surface area contributed by atoms with Crippen molar-refractivity contribution in [2.75, 3.05) is 23.6 Å². The van der Waals surface area contributed by atoms with Gasteiger partial charge in [-0.1, -0.05) is 47.5 Å². The Bertz CT molecular complexity index is 1210. The molecule has 0 spiro atoms. The molecular weight excluding hydrogens is 473 g/mol. The van der Waals surface area contributed by atoms with Crippen LogP contribution in [0.25, 0.3) is 0 Å². The van der Waals surface area contributed by atoms with Crippen LogP contribution in [0.15, 0.2) is 77.7 Å². The van der Waals surface area contributed by atoms with Gasteiger partial charge in [0.2, 0.25) is 5.91 Å². The molecule has 0 unspecified atom stereocenters. The Hall–Kier alpha value is -3.07. The number of likely N-dealkylation sites (N-methyl/N-ethyl adjacent to an activating group) is 1. The van der Waals surface area contributed by atoms with Gasteiger partial charge in [0.15, 0.2) is 0 Å². The number of anilines is 2. The normalized spacial score (nSPS) is 11.0. The lowest BCUT2D eigenvalue weighted by Crippen LogP contribution is -2.35. The lowest BCUT2D eigenvalue weighted by molar-refractivity contribution is -0.116. The summed E-state index contributed by atoms with van der Waals surface area (Å²) in [5.74, 6) is -0.938. The van der Waals surface area contributed by atoms with Gasteiger partial charge < -0.3 is 10.2 Å². The summed E-state index contributed by atoms with van der Waals surface area (Å²) in [5, 5.41) is 3.14. The van der Waals surface area contributed by atoms with Crippen molar-refractivity contribution in [2.45, 2.75) is 4.90 Å².